The molecule has 3 heterocycles. The van der Waals surface area contributed by atoms with Crippen molar-refractivity contribution in [3.63, 3.8) is 0 Å². The molecule has 0 amide bonds. The zero-order valence-electron chi connectivity index (χ0n) is 11.0. The molecule has 0 aromatic rings. The molecule has 0 radical (unpaired) electrons. The molecule has 3 fully saturated rings. The number of nitrogens with zero attached hydrogens (tertiary/aromatic N) is 3. The summed E-state index contributed by atoms with van der Waals surface area (Å²) in [7, 11) is 0. The molecule has 0 N–H and O–H groups in total. The highest BCUT2D eigenvalue weighted by molar-refractivity contribution is 14.2. The minimum atomic E-state index is -1.14. The summed E-state index contributed by atoms with van der Waals surface area (Å²) in [5, 5.41) is 0. The summed E-state index contributed by atoms with van der Waals surface area (Å²) in [6.45, 7) is 8.11. The minimum absolute atomic E-state index is 0. The SMILES string of the molecule is IP(N1CCCC1)(N1CCCC1)=[N+]1CCCC1.[I-]. The second-order valence-electron chi connectivity index (χ2n) is 5.48. The first-order valence-electron chi connectivity index (χ1n) is 7.17. The third kappa shape index (κ3) is 2.95. The van der Waals surface area contributed by atoms with Gasteiger partial charge in [0.25, 0.3) is 5.00 Å². The van der Waals surface area contributed by atoms with Crippen LogP contribution in [-0.2, 0) is 0 Å². The highest BCUT2D eigenvalue weighted by Crippen LogP contribution is 2.65. The van der Waals surface area contributed by atoms with Gasteiger partial charge < -0.3 is 24.0 Å². The van der Waals surface area contributed by atoms with Gasteiger partial charge in [-0.05, 0) is 25.7 Å². The molecule has 3 aliphatic heterocycles. The maximum Gasteiger partial charge on any atom is 0.294 e. The lowest BCUT2D eigenvalue weighted by molar-refractivity contribution is -0.489. The van der Waals surface area contributed by atoms with E-state index in [0.29, 0.717) is 0 Å². The van der Waals surface area contributed by atoms with Gasteiger partial charge in [0.05, 0.1) is 22.0 Å². The van der Waals surface area contributed by atoms with Gasteiger partial charge in [-0.1, -0.05) is 0 Å². The van der Waals surface area contributed by atoms with Crippen molar-refractivity contribution in [1.82, 2.24) is 9.34 Å². The molecule has 6 heteroatoms. The van der Waals surface area contributed by atoms with Crippen molar-refractivity contribution in [2.45, 2.75) is 38.5 Å². The third-order valence-electron chi connectivity index (χ3n) is 4.33. The molecule has 0 aliphatic carbocycles. The minimum Gasteiger partial charge on any atom is -1.00 e. The smallest absolute Gasteiger partial charge is 0.294 e. The lowest BCUT2D eigenvalue weighted by Gasteiger charge is -2.32. The average molecular weight is 495 g/mol. The highest BCUT2D eigenvalue weighted by atomic mass is 127. The highest BCUT2D eigenvalue weighted by Gasteiger charge is 2.43. The van der Waals surface area contributed by atoms with Gasteiger partial charge in [0.2, 0.25) is 0 Å². The fourth-order valence-electron chi connectivity index (χ4n) is 3.40. The molecule has 0 unspecified atom stereocenters. The average Bonchev–Trinajstić information content (AvgIpc) is 3.10. The van der Waals surface area contributed by atoms with Crippen LogP contribution < -0.4 is 24.0 Å². The largest absolute Gasteiger partial charge is 1.00 e. The Morgan fingerprint density at radius 3 is 1.50 bits per heavy atom. The second kappa shape index (κ2) is 7.05. The molecule has 3 aliphatic rings. The predicted molar refractivity (Wildman–Crippen MR) is 81.8 cm³/mol. The van der Waals surface area contributed by atoms with Crippen molar-refractivity contribution in [1.29, 1.82) is 0 Å². The molecule has 0 aromatic heterocycles. The Morgan fingerprint density at radius 2 is 1.11 bits per heavy atom. The Morgan fingerprint density at radius 1 is 0.722 bits per heavy atom. The van der Waals surface area contributed by atoms with Crippen LogP contribution in [0.25, 0.3) is 0 Å². The van der Waals surface area contributed by atoms with E-state index in [1.807, 2.05) is 0 Å². The van der Waals surface area contributed by atoms with E-state index in [2.05, 4.69) is 35.7 Å². The molecule has 18 heavy (non-hydrogen) atoms. The molecule has 3 nitrogen and oxygen atoms in total. The Labute approximate surface area is 141 Å². The molecular formula is C12H24I2N3P. The van der Waals surface area contributed by atoms with E-state index in [4.69, 9.17) is 0 Å². The Kier molecular flexibility index (Phi) is 6.26. The summed E-state index contributed by atoms with van der Waals surface area (Å²) < 4.78 is 8.55. The number of hydrogen-bond acceptors (Lipinski definition) is 0. The van der Waals surface area contributed by atoms with Crippen molar-refractivity contribution in [3.8, 4) is 0 Å². The van der Waals surface area contributed by atoms with Crippen LogP contribution in [0.4, 0.5) is 0 Å². The van der Waals surface area contributed by atoms with Crippen LogP contribution in [0.2, 0.25) is 0 Å². The molecule has 3 rings (SSSR count). The molecule has 0 spiro atoms. The molecule has 0 bridgehead atoms. The summed E-state index contributed by atoms with van der Waals surface area (Å²) >= 11 is 2.87. The maximum atomic E-state index is 2.87. The zero-order chi connectivity index (χ0) is 11.7. The summed E-state index contributed by atoms with van der Waals surface area (Å²) in [5.74, 6) is 0. The zero-order valence-corrected chi connectivity index (χ0v) is 16.2. The van der Waals surface area contributed by atoms with Gasteiger partial charge in [0.15, 0.2) is 0 Å². The molecule has 0 atom stereocenters. The Balaban J connectivity index is 0.00000120. The maximum absolute atomic E-state index is 2.87. The molecular weight excluding hydrogens is 471 g/mol. The number of halogens is 2. The third-order valence-corrected chi connectivity index (χ3v) is 13.2. The van der Waals surface area contributed by atoms with E-state index in [1.165, 1.54) is 77.8 Å². The molecule has 106 valence electrons. The first kappa shape index (κ1) is 16.0. The fourth-order valence-corrected chi connectivity index (χ4v) is 10.7. The van der Waals surface area contributed by atoms with Crippen LogP contribution in [0.1, 0.15) is 38.5 Å². The van der Waals surface area contributed by atoms with Crippen molar-refractivity contribution < 1.29 is 28.3 Å². The van der Waals surface area contributed by atoms with E-state index in [0.717, 1.165) is 0 Å². The Hall–Kier alpha value is 1.61. The predicted octanol–water partition coefficient (Wildman–Crippen LogP) is 0.370. The lowest BCUT2D eigenvalue weighted by atomic mass is 10.4. The topological polar surface area (TPSA) is 9.49 Å². The van der Waals surface area contributed by atoms with E-state index < -0.39 is 5.00 Å². The summed E-state index contributed by atoms with van der Waals surface area (Å²) in [6, 6.07) is 0. The van der Waals surface area contributed by atoms with Crippen LogP contribution in [0.3, 0.4) is 0 Å². The van der Waals surface area contributed by atoms with Gasteiger partial charge >= 0.3 is 0 Å². The number of rotatable bonds is 2. The second-order valence-corrected chi connectivity index (χ2v) is 12.0. The fraction of sp³-hybridized carbons (Fsp3) is 1.00. The van der Waals surface area contributed by atoms with Crippen molar-refractivity contribution >= 4 is 27.0 Å². The van der Waals surface area contributed by atoms with Crippen molar-refractivity contribution in [2.24, 2.45) is 0 Å². The monoisotopic (exact) mass is 495 g/mol. The first-order valence-corrected chi connectivity index (χ1v) is 11.6. The van der Waals surface area contributed by atoms with Gasteiger partial charge in [-0.25, -0.2) is 13.7 Å². The quantitative estimate of drug-likeness (QED) is 0.405. The lowest BCUT2D eigenvalue weighted by Crippen LogP contribution is -3.00. The van der Waals surface area contributed by atoms with Gasteiger partial charge in [-0.3, -0.25) is 0 Å². The van der Waals surface area contributed by atoms with Gasteiger partial charge in [0, 0.05) is 39.0 Å². The standard InChI is InChI=1S/C12H24IN3P.HI/c13-17(14-7-1-2-8-14,15-9-3-4-10-15)16-11-5-6-12-16;/h1-12H2;1H/q+1;/p-1. The Bertz CT molecular complexity index is 308. The van der Waals surface area contributed by atoms with E-state index >= 15 is 0 Å². The molecule has 3 saturated heterocycles. The van der Waals surface area contributed by atoms with Crippen molar-refractivity contribution in [3.05, 3.63) is 0 Å². The van der Waals surface area contributed by atoms with E-state index in [-0.39, 0.29) is 24.0 Å². The van der Waals surface area contributed by atoms with Crippen LogP contribution >= 0.6 is 27.0 Å². The van der Waals surface area contributed by atoms with E-state index in [9.17, 15) is 0 Å². The normalized spacial score (nSPS) is 26.8. The molecule has 0 aromatic carbocycles. The number of hydrogen-bond donors (Lipinski definition) is 0. The van der Waals surface area contributed by atoms with Gasteiger partial charge in [-0.15, -0.1) is 0 Å². The van der Waals surface area contributed by atoms with Crippen LogP contribution in [-0.4, -0.2) is 52.9 Å². The van der Waals surface area contributed by atoms with Crippen LogP contribution in [0, 0.1) is 0 Å². The van der Waals surface area contributed by atoms with Crippen LogP contribution in [0.15, 0.2) is 0 Å². The summed E-state index contributed by atoms with van der Waals surface area (Å²) in [6.07, 6.45) is 8.54. The van der Waals surface area contributed by atoms with Crippen molar-refractivity contribution in [2.75, 3.05) is 39.3 Å². The van der Waals surface area contributed by atoms with E-state index in [1.54, 1.807) is 0 Å². The van der Waals surface area contributed by atoms with Gasteiger partial charge in [0.1, 0.15) is 13.1 Å². The first-order chi connectivity index (χ1) is 8.32. The summed E-state index contributed by atoms with van der Waals surface area (Å²) in [5.41, 5.74) is 0. The summed E-state index contributed by atoms with van der Waals surface area (Å²) in [4.78, 5) is -1.14. The molecule has 0 saturated carbocycles. The van der Waals surface area contributed by atoms with Crippen LogP contribution in [0.5, 0.6) is 0 Å². The van der Waals surface area contributed by atoms with Gasteiger partial charge in [-0.2, -0.15) is 0 Å².